The molecule has 0 saturated heterocycles. The van der Waals surface area contributed by atoms with Crippen molar-refractivity contribution in [2.24, 2.45) is 0 Å². The Balaban J connectivity index is 1.98. The second-order valence-corrected chi connectivity index (χ2v) is 5.40. The highest BCUT2D eigenvalue weighted by atomic mass is 32.1. The first-order valence-electron chi connectivity index (χ1n) is 7.13. The van der Waals surface area contributed by atoms with Gasteiger partial charge in [0.05, 0.1) is 30.0 Å². The van der Waals surface area contributed by atoms with Crippen molar-refractivity contribution in [3.8, 4) is 0 Å². The Labute approximate surface area is 132 Å². The van der Waals surface area contributed by atoms with Crippen LogP contribution < -0.4 is 16.2 Å². The standard InChI is InChI=1S/C14H19N5O2S/c1-3-10-11(13(20)19-18-12(10)4-2)6-16-14(21)15-5-9-7-22-8-17-9/h7-8H,3-6H2,1-2H3,(H,19,20)(H2,15,16,21). The van der Waals surface area contributed by atoms with Crippen molar-refractivity contribution in [3.63, 3.8) is 0 Å². The number of aromatic nitrogens is 3. The highest BCUT2D eigenvalue weighted by molar-refractivity contribution is 7.07. The lowest BCUT2D eigenvalue weighted by atomic mass is 10.0. The van der Waals surface area contributed by atoms with E-state index >= 15 is 0 Å². The Hall–Kier alpha value is -2.22. The molecule has 0 unspecified atom stereocenters. The number of nitrogens with one attached hydrogen (secondary N) is 3. The van der Waals surface area contributed by atoms with Crippen molar-refractivity contribution in [3.05, 3.63) is 43.8 Å². The molecule has 0 aliphatic rings. The second kappa shape index (κ2) is 7.69. The molecule has 0 aliphatic carbocycles. The molecule has 0 spiro atoms. The van der Waals surface area contributed by atoms with Gasteiger partial charge in [0.1, 0.15) is 0 Å². The molecular weight excluding hydrogens is 302 g/mol. The van der Waals surface area contributed by atoms with Gasteiger partial charge in [0.25, 0.3) is 5.56 Å². The minimum Gasteiger partial charge on any atom is -0.334 e. The third-order valence-electron chi connectivity index (χ3n) is 3.31. The Bertz CT molecular complexity index is 681. The van der Waals surface area contributed by atoms with Crippen LogP contribution in [0.25, 0.3) is 0 Å². The maximum absolute atomic E-state index is 11.9. The Morgan fingerprint density at radius 3 is 2.64 bits per heavy atom. The van der Waals surface area contributed by atoms with E-state index in [-0.39, 0.29) is 18.1 Å². The van der Waals surface area contributed by atoms with Crippen LogP contribution in [0.3, 0.4) is 0 Å². The van der Waals surface area contributed by atoms with Gasteiger partial charge in [-0.2, -0.15) is 5.10 Å². The zero-order valence-corrected chi connectivity index (χ0v) is 13.4. The number of nitrogens with zero attached hydrogens (tertiary/aromatic N) is 2. The summed E-state index contributed by atoms with van der Waals surface area (Å²) in [6.45, 7) is 4.50. The summed E-state index contributed by atoms with van der Waals surface area (Å²) >= 11 is 1.48. The normalized spacial score (nSPS) is 10.5. The highest BCUT2D eigenvalue weighted by Gasteiger charge is 2.12. The predicted octanol–water partition coefficient (Wildman–Crippen LogP) is 1.35. The second-order valence-electron chi connectivity index (χ2n) is 4.68. The van der Waals surface area contributed by atoms with Gasteiger partial charge in [-0.1, -0.05) is 13.8 Å². The van der Waals surface area contributed by atoms with Crippen molar-refractivity contribution < 1.29 is 4.79 Å². The molecule has 2 heterocycles. The van der Waals surface area contributed by atoms with E-state index in [0.29, 0.717) is 18.5 Å². The van der Waals surface area contributed by atoms with Gasteiger partial charge in [0.2, 0.25) is 0 Å². The fourth-order valence-corrected chi connectivity index (χ4v) is 2.75. The molecule has 2 aromatic rings. The molecule has 8 heteroatoms. The van der Waals surface area contributed by atoms with Crippen LogP contribution in [0.15, 0.2) is 15.7 Å². The summed E-state index contributed by atoms with van der Waals surface area (Å²) in [6.07, 6.45) is 1.44. The fourth-order valence-electron chi connectivity index (χ4n) is 2.19. The van der Waals surface area contributed by atoms with Crippen molar-refractivity contribution >= 4 is 17.4 Å². The maximum Gasteiger partial charge on any atom is 0.315 e. The molecular formula is C14H19N5O2S. The molecule has 0 aliphatic heterocycles. The summed E-state index contributed by atoms with van der Waals surface area (Å²) < 4.78 is 0. The molecule has 118 valence electrons. The molecule has 7 nitrogen and oxygen atoms in total. The Morgan fingerprint density at radius 2 is 2.00 bits per heavy atom. The third-order valence-corrected chi connectivity index (χ3v) is 3.94. The number of aryl methyl sites for hydroxylation is 1. The predicted molar refractivity (Wildman–Crippen MR) is 84.8 cm³/mol. The van der Waals surface area contributed by atoms with E-state index in [9.17, 15) is 9.59 Å². The molecule has 0 atom stereocenters. The van der Waals surface area contributed by atoms with Crippen LogP contribution >= 0.6 is 11.3 Å². The van der Waals surface area contributed by atoms with Gasteiger partial charge in [0.15, 0.2) is 0 Å². The number of carbonyl (C=O) groups excluding carboxylic acids is 1. The quantitative estimate of drug-likeness (QED) is 0.747. The number of thiazole rings is 1. The van der Waals surface area contributed by atoms with Crippen LogP contribution in [0.5, 0.6) is 0 Å². The monoisotopic (exact) mass is 321 g/mol. The van der Waals surface area contributed by atoms with E-state index < -0.39 is 0 Å². The van der Waals surface area contributed by atoms with Gasteiger partial charge in [-0.3, -0.25) is 4.79 Å². The first kappa shape index (κ1) is 16.2. The lowest BCUT2D eigenvalue weighted by molar-refractivity contribution is 0.240. The van der Waals surface area contributed by atoms with Crippen molar-refractivity contribution in [1.29, 1.82) is 0 Å². The average molecular weight is 321 g/mol. The highest BCUT2D eigenvalue weighted by Crippen LogP contribution is 2.09. The van der Waals surface area contributed by atoms with E-state index in [1.54, 1.807) is 5.51 Å². The van der Waals surface area contributed by atoms with Crippen molar-refractivity contribution in [2.75, 3.05) is 0 Å². The van der Waals surface area contributed by atoms with Gasteiger partial charge in [-0.25, -0.2) is 14.9 Å². The third kappa shape index (κ3) is 3.91. The van der Waals surface area contributed by atoms with E-state index in [0.717, 1.165) is 23.4 Å². The van der Waals surface area contributed by atoms with Crippen molar-refractivity contribution in [1.82, 2.24) is 25.8 Å². The molecule has 0 saturated carbocycles. The fraction of sp³-hybridized carbons (Fsp3) is 0.429. The largest absolute Gasteiger partial charge is 0.334 e. The number of carbonyl (C=O) groups is 1. The molecule has 2 rings (SSSR count). The first-order chi connectivity index (χ1) is 10.7. The first-order valence-corrected chi connectivity index (χ1v) is 8.08. The number of aromatic amines is 1. The average Bonchev–Trinajstić information content (AvgIpc) is 3.04. The van der Waals surface area contributed by atoms with E-state index in [4.69, 9.17) is 0 Å². The molecule has 2 aromatic heterocycles. The van der Waals surface area contributed by atoms with Gasteiger partial charge in [0, 0.05) is 10.9 Å². The lowest BCUT2D eigenvalue weighted by Crippen LogP contribution is -2.36. The van der Waals surface area contributed by atoms with E-state index in [1.807, 2.05) is 19.2 Å². The van der Waals surface area contributed by atoms with Gasteiger partial charge >= 0.3 is 6.03 Å². The minimum absolute atomic E-state index is 0.178. The number of urea groups is 1. The SMILES string of the molecule is CCc1n[nH]c(=O)c(CNC(=O)NCc2cscn2)c1CC. The molecule has 3 N–H and O–H groups in total. The summed E-state index contributed by atoms with van der Waals surface area (Å²) in [5.41, 5.74) is 4.61. The van der Waals surface area contributed by atoms with Crippen LogP contribution in [0.2, 0.25) is 0 Å². The number of rotatable bonds is 6. The van der Waals surface area contributed by atoms with Crippen LogP contribution in [0.4, 0.5) is 4.79 Å². The summed E-state index contributed by atoms with van der Waals surface area (Å²) in [5.74, 6) is 0. The van der Waals surface area contributed by atoms with Gasteiger partial charge < -0.3 is 10.6 Å². The van der Waals surface area contributed by atoms with Crippen LogP contribution in [-0.4, -0.2) is 21.2 Å². The summed E-state index contributed by atoms with van der Waals surface area (Å²) in [5, 5.41) is 13.8. The number of hydrogen-bond donors (Lipinski definition) is 3. The molecule has 2 amide bonds. The van der Waals surface area contributed by atoms with Crippen LogP contribution in [-0.2, 0) is 25.9 Å². The number of H-pyrrole nitrogens is 1. The number of hydrogen-bond acceptors (Lipinski definition) is 5. The summed E-state index contributed by atoms with van der Waals surface area (Å²) in [4.78, 5) is 27.8. The van der Waals surface area contributed by atoms with Crippen LogP contribution in [0.1, 0.15) is 36.4 Å². The zero-order valence-electron chi connectivity index (χ0n) is 12.6. The van der Waals surface area contributed by atoms with Crippen LogP contribution in [0, 0.1) is 0 Å². The van der Waals surface area contributed by atoms with Gasteiger partial charge in [-0.05, 0) is 18.4 Å². The van der Waals surface area contributed by atoms with E-state index in [1.165, 1.54) is 11.3 Å². The number of amides is 2. The lowest BCUT2D eigenvalue weighted by Gasteiger charge is -2.11. The molecule has 22 heavy (non-hydrogen) atoms. The molecule has 0 bridgehead atoms. The zero-order chi connectivity index (χ0) is 15.9. The molecule has 0 radical (unpaired) electrons. The Morgan fingerprint density at radius 1 is 1.23 bits per heavy atom. The molecule has 0 fully saturated rings. The van der Waals surface area contributed by atoms with Gasteiger partial charge in [-0.15, -0.1) is 11.3 Å². The topological polar surface area (TPSA) is 99.8 Å². The smallest absolute Gasteiger partial charge is 0.315 e. The van der Waals surface area contributed by atoms with Crippen molar-refractivity contribution in [2.45, 2.75) is 39.8 Å². The van der Waals surface area contributed by atoms with E-state index in [2.05, 4.69) is 25.8 Å². The summed E-state index contributed by atoms with van der Waals surface area (Å²) in [7, 11) is 0. The molecule has 0 aromatic carbocycles. The summed E-state index contributed by atoms with van der Waals surface area (Å²) in [6, 6.07) is -0.329. The maximum atomic E-state index is 11.9. The minimum atomic E-state index is -0.329. The Kier molecular flexibility index (Phi) is 5.65.